The molecule has 2 bridgehead atoms. The number of benzene rings is 1. The Morgan fingerprint density at radius 2 is 1.70 bits per heavy atom. The molecule has 2 unspecified atom stereocenters. The van der Waals surface area contributed by atoms with Crippen LogP contribution in [0.2, 0.25) is 0 Å². The number of aromatic nitrogens is 1. The Morgan fingerprint density at radius 1 is 1.09 bits per heavy atom. The smallest absolute Gasteiger partial charge is 0.309 e. The summed E-state index contributed by atoms with van der Waals surface area (Å²) in [5, 5.41) is 5.16. The SMILES string of the molecule is Cc1cc(C(=O)COC(=O)C2CC3CCCC(C2)C3=O)c(C)n1-c1ccc(S(N)(=O)=O)cc1. The molecule has 0 radical (unpaired) electrons. The fourth-order valence-electron chi connectivity index (χ4n) is 5.23. The third-order valence-electron chi connectivity index (χ3n) is 6.88. The van der Waals surface area contributed by atoms with Crippen molar-refractivity contribution in [3.05, 3.63) is 47.3 Å². The van der Waals surface area contributed by atoms with E-state index in [1.54, 1.807) is 25.1 Å². The maximum atomic E-state index is 12.8. The lowest BCUT2D eigenvalue weighted by Gasteiger charge is -2.36. The number of carbonyl (C=O) groups is 3. The minimum Gasteiger partial charge on any atom is -0.457 e. The number of Topliss-reactive ketones (excluding diaryl/α,β-unsaturated/α-hetero) is 2. The first-order valence-corrected chi connectivity index (χ1v) is 12.7. The number of nitrogens with two attached hydrogens (primary N) is 1. The van der Waals surface area contributed by atoms with Crippen LogP contribution in [-0.2, 0) is 24.3 Å². The number of nitrogens with zero attached hydrogens (tertiary/aromatic N) is 1. The minimum absolute atomic E-state index is 0.00507. The molecule has 1 aromatic heterocycles. The van der Waals surface area contributed by atoms with Gasteiger partial charge in [-0.05, 0) is 69.9 Å². The Kier molecular flexibility index (Phi) is 6.28. The van der Waals surface area contributed by atoms with Crippen LogP contribution in [0.1, 0.15) is 53.8 Å². The molecule has 8 nitrogen and oxygen atoms in total. The van der Waals surface area contributed by atoms with Crippen LogP contribution in [0.4, 0.5) is 0 Å². The zero-order valence-electron chi connectivity index (χ0n) is 18.7. The van der Waals surface area contributed by atoms with Gasteiger partial charge in [0, 0.05) is 34.5 Å². The lowest BCUT2D eigenvalue weighted by atomic mass is 9.67. The van der Waals surface area contributed by atoms with E-state index < -0.39 is 16.0 Å². The molecule has 2 N–H and O–H groups in total. The summed E-state index contributed by atoms with van der Waals surface area (Å²) in [5.74, 6) is -0.854. The van der Waals surface area contributed by atoms with Gasteiger partial charge in [0.25, 0.3) is 0 Å². The van der Waals surface area contributed by atoms with Crippen molar-refractivity contribution < 1.29 is 27.5 Å². The number of primary sulfonamides is 1. The number of sulfonamides is 1. The summed E-state index contributed by atoms with van der Waals surface area (Å²) in [6.07, 6.45) is 3.74. The van der Waals surface area contributed by atoms with E-state index in [0.717, 1.165) is 25.0 Å². The average molecular weight is 473 g/mol. The third-order valence-corrected chi connectivity index (χ3v) is 7.81. The highest BCUT2D eigenvalue weighted by Gasteiger charge is 2.42. The van der Waals surface area contributed by atoms with Crippen LogP contribution in [0, 0.1) is 31.6 Å². The highest BCUT2D eigenvalue weighted by molar-refractivity contribution is 7.89. The second kappa shape index (κ2) is 8.87. The monoisotopic (exact) mass is 472 g/mol. The summed E-state index contributed by atoms with van der Waals surface area (Å²) in [6.45, 7) is 3.26. The number of fused-ring (bicyclic) bond motifs is 2. The molecule has 2 aliphatic carbocycles. The Hall–Kier alpha value is -2.78. The van der Waals surface area contributed by atoms with Crippen LogP contribution < -0.4 is 5.14 Å². The average Bonchev–Trinajstić information content (AvgIpc) is 3.05. The number of hydrogen-bond donors (Lipinski definition) is 1. The molecule has 176 valence electrons. The van der Waals surface area contributed by atoms with Gasteiger partial charge in [-0.3, -0.25) is 14.4 Å². The first kappa shape index (κ1) is 23.4. The maximum absolute atomic E-state index is 12.8. The number of rotatable bonds is 6. The van der Waals surface area contributed by atoms with Gasteiger partial charge in [0.05, 0.1) is 10.8 Å². The highest BCUT2D eigenvalue weighted by atomic mass is 32.2. The van der Waals surface area contributed by atoms with Crippen LogP contribution in [-0.4, -0.2) is 37.1 Å². The van der Waals surface area contributed by atoms with Gasteiger partial charge in [0.2, 0.25) is 15.8 Å². The van der Waals surface area contributed by atoms with Gasteiger partial charge >= 0.3 is 5.97 Å². The largest absolute Gasteiger partial charge is 0.457 e. The Labute approximate surface area is 193 Å². The molecule has 2 aromatic rings. The van der Waals surface area contributed by atoms with E-state index in [1.807, 2.05) is 11.5 Å². The summed E-state index contributed by atoms with van der Waals surface area (Å²) in [7, 11) is -3.79. The number of ketones is 2. The molecule has 2 atom stereocenters. The Bertz CT molecular complexity index is 1200. The van der Waals surface area contributed by atoms with Crippen molar-refractivity contribution in [3.63, 3.8) is 0 Å². The molecular weight excluding hydrogens is 444 g/mol. The zero-order valence-corrected chi connectivity index (χ0v) is 19.6. The third kappa shape index (κ3) is 4.65. The van der Waals surface area contributed by atoms with E-state index in [9.17, 15) is 22.8 Å². The predicted octanol–water partition coefficient (Wildman–Crippen LogP) is 2.86. The van der Waals surface area contributed by atoms with E-state index in [-0.39, 0.29) is 40.8 Å². The summed E-state index contributed by atoms with van der Waals surface area (Å²) >= 11 is 0. The summed E-state index contributed by atoms with van der Waals surface area (Å²) in [5.41, 5.74) is 2.57. The van der Waals surface area contributed by atoms with Crippen LogP contribution in [0.5, 0.6) is 0 Å². The van der Waals surface area contributed by atoms with E-state index in [2.05, 4.69) is 0 Å². The van der Waals surface area contributed by atoms with E-state index in [4.69, 9.17) is 9.88 Å². The molecule has 33 heavy (non-hydrogen) atoms. The van der Waals surface area contributed by atoms with Crippen molar-refractivity contribution in [2.24, 2.45) is 22.9 Å². The minimum atomic E-state index is -3.79. The molecule has 0 spiro atoms. The lowest BCUT2D eigenvalue weighted by Crippen LogP contribution is -2.39. The second-order valence-electron chi connectivity index (χ2n) is 9.09. The van der Waals surface area contributed by atoms with Gasteiger partial charge in [-0.25, -0.2) is 13.6 Å². The molecule has 2 saturated carbocycles. The number of carbonyl (C=O) groups excluding carboxylic acids is 3. The molecule has 2 fully saturated rings. The maximum Gasteiger partial charge on any atom is 0.309 e. The summed E-state index contributed by atoms with van der Waals surface area (Å²) in [4.78, 5) is 37.7. The van der Waals surface area contributed by atoms with E-state index in [1.165, 1.54) is 12.1 Å². The van der Waals surface area contributed by atoms with Crippen molar-refractivity contribution in [1.29, 1.82) is 0 Å². The van der Waals surface area contributed by atoms with E-state index in [0.29, 0.717) is 29.8 Å². The van der Waals surface area contributed by atoms with Gasteiger partial charge in [-0.1, -0.05) is 6.42 Å². The Balaban J connectivity index is 1.44. The molecule has 9 heteroatoms. The van der Waals surface area contributed by atoms with Crippen LogP contribution in [0.3, 0.4) is 0 Å². The topological polar surface area (TPSA) is 126 Å². The first-order chi connectivity index (χ1) is 15.6. The standard InChI is InChI=1S/C24H28N2O6S/c1-14-10-21(15(2)26(14)19-6-8-20(9-7-19)33(25,30)31)22(27)13-32-24(29)18-11-16-4-3-5-17(12-18)23(16)28/h6-10,16-18H,3-5,11-13H2,1-2H3,(H2,25,30,31). The van der Waals surface area contributed by atoms with Crippen molar-refractivity contribution in [2.45, 2.75) is 50.8 Å². The Morgan fingerprint density at radius 3 is 2.27 bits per heavy atom. The fraction of sp³-hybridized carbons (Fsp3) is 0.458. The highest BCUT2D eigenvalue weighted by Crippen LogP contribution is 2.40. The van der Waals surface area contributed by atoms with Crippen molar-refractivity contribution in [1.82, 2.24) is 4.57 Å². The molecule has 1 aromatic carbocycles. The fourth-order valence-corrected chi connectivity index (χ4v) is 5.75. The van der Waals surface area contributed by atoms with Gasteiger partial charge in [0.15, 0.2) is 6.61 Å². The van der Waals surface area contributed by atoms with Crippen molar-refractivity contribution >= 4 is 27.6 Å². The normalized spacial score (nSPS) is 22.8. The number of hydrogen-bond acceptors (Lipinski definition) is 6. The molecule has 4 rings (SSSR count). The summed E-state index contributed by atoms with van der Waals surface area (Å²) in [6, 6.07) is 7.79. The second-order valence-corrected chi connectivity index (χ2v) is 10.6. The predicted molar refractivity (Wildman–Crippen MR) is 120 cm³/mol. The van der Waals surface area contributed by atoms with Gasteiger partial charge in [-0.2, -0.15) is 0 Å². The van der Waals surface area contributed by atoms with Crippen LogP contribution in [0.15, 0.2) is 35.2 Å². The molecular formula is C24H28N2O6S. The molecule has 2 aliphatic rings. The van der Waals surface area contributed by atoms with Crippen LogP contribution in [0.25, 0.3) is 5.69 Å². The number of esters is 1. The molecule has 1 heterocycles. The van der Waals surface area contributed by atoms with Crippen molar-refractivity contribution in [2.75, 3.05) is 6.61 Å². The molecule has 0 saturated heterocycles. The number of ether oxygens (including phenoxy) is 1. The molecule has 0 amide bonds. The van der Waals surface area contributed by atoms with Gasteiger partial charge in [0.1, 0.15) is 5.78 Å². The lowest BCUT2D eigenvalue weighted by molar-refractivity contribution is -0.152. The van der Waals surface area contributed by atoms with Gasteiger partial charge < -0.3 is 9.30 Å². The molecule has 0 aliphatic heterocycles. The van der Waals surface area contributed by atoms with Crippen LogP contribution >= 0.6 is 0 Å². The quantitative estimate of drug-likeness (QED) is 0.509. The zero-order chi connectivity index (χ0) is 23.9. The van der Waals surface area contributed by atoms with E-state index >= 15 is 0 Å². The van der Waals surface area contributed by atoms with Crippen molar-refractivity contribution in [3.8, 4) is 5.69 Å². The number of aryl methyl sites for hydroxylation is 1. The van der Waals surface area contributed by atoms with Gasteiger partial charge in [-0.15, -0.1) is 0 Å². The summed E-state index contributed by atoms with van der Waals surface area (Å²) < 4.78 is 30.2. The first-order valence-electron chi connectivity index (χ1n) is 11.1.